The number of hydrogen-bond donors (Lipinski definition) is 0. The average molecular weight is 569 g/mol. The number of hydrazone groups is 1. The van der Waals surface area contributed by atoms with Crippen LogP contribution in [0.15, 0.2) is 88.4 Å². The van der Waals surface area contributed by atoms with E-state index in [-0.39, 0.29) is 12.2 Å². The Hall–Kier alpha value is -3.49. The lowest BCUT2D eigenvalue weighted by Crippen LogP contribution is -2.46. The van der Waals surface area contributed by atoms with Crippen LogP contribution in [-0.4, -0.2) is 48.7 Å². The fourth-order valence-electron chi connectivity index (χ4n) is 4.21. The van der Waals surface area contributed by atoms with Gasteiger partial charge < -0.3 is 4.74 Å². The maximum absolute atomic E-state index is 13.4. The molecule has 0 aliphatic carbocycles. The molecule has 0 bridgehead atoms. The van der Waals surface area contributed by atoms with Crippen LogP contribution in [0, 0.1) is 0 Å². The van der Waals surface area contributed by atoms with E-state index in [4.69, 9.17) is 16.7 Å². The first-order valence-corrected chi connectivity index (χ1v) is 12.3. The van der Waals surface area contributed by atoms with E-state index < -0.39 is 23.2 Å². The third kappa shape index (κ3) is 5.20. The Morgan fingerprint density at radius 3 is 2.28 bits per heavy atom. The molecule has 3 aromatic rings. The van der Waals surface area contributed by atoms with Gasteiger partial charge in [-0.05, 0) is 54.4 Å². The van der Waals surface area contributed by atoms with Crippen LogP contribution in [0.25, 0.3) is 0 Å². The minimum atomic E-state index is -1.13. The van der Waals surface area contributed by atoms with Gasteiger partial charge in [-0.1, -0.05) is 70.0 Å². The molecule has 0 spiro atoms. The van der Waals surface area contributed by atoms with Gasteiger partial charge in [0.15, 0.2) is 0 Å². The summed E-state index contributed by atoms with van der Waals surface area (Å²) in [4.78, 5) is 39.1. The van der Waals surface area contributed by atoms with Crippen molar-refractivity contribution >= 4 is 56.7 Å². The van der Waals surface area contributed by atoms with E-state index in [1.165, 1.54) is 0 Å². The first-order valence-electron chi connectivity index (χ1n) is 11.1. The lowest BCUT2D eigenvalue weighted by atomic mass is 9.76. The topological polar surface area (TPSA) is 79.3 Å². The van der Waals surface area contributed by atoms with Crippen molar-refractivity contribution in [3.63, 3.8) is 0 Å². The van der Waals surface area contributed by atoms with E-state index >= 15 is 0 Å². The molecule has 36 heavy (non-hydrogen) atoms. The van der Waals surface area contributed by atoms with Gasteiger partial charge in [-0.2, -0.15) is 5.10 Å². The number of imide groups is 1. The Morgan fingerprint density at radius 1 is 1.03 bits per heavy atom. The van der Waals surface area contributed by atoms with Gasteiger partial charge in [0, 0.05) is 9.50 Å². The van der Waals surface area contributed by atoms with Gasteiger partial charge in [-0.15, -0.1) is 0 Å². The molecule has 1 unspecified atom stereocenters. The molecule has 1 atom stereocenters. The lowest BCUT2D eigenvalue weighted by molar-refractivity contribution is -0.152. The van der Waals surface area contributed by atoms with E-state index in [1.807, 2.05) is 42.5 Å². The molecular formula is C27H23BrClN3O4. The maximum atomic E-state index is 13.4. The molecule has 0 aromatic heterocycles. The number of esters is 1. The van der Waals surface area contributed by atoms with Crippen LogP contribution in [0.2, 0.25) is 5.02 Å². The van der Waals surface area contributed by atoms with Crippen molar-refractivity contribution in [1.29, 1.82) is 0 Å². The molecule has 9 heteroatoms. The van der Waals surface area contributed by atoms with Crippen molar-refractivity contribution in [3.05, 3.63) is 99.5 Å². The second-order valence-electron chi connectivity index (χ2n) is 8.48. The number of benzene rings is 3. The summed E-state index contributed by atoms with van der Waals surface area (Å²) in [5.41, 5.74) is 2.39. The number of rotatable bonds is 5. The number of carbonyl (C=O) groups excluding carboxylic acids is 3. The van der Waals surface area contributed by atoms with Crippen molar-refractivity contribution in [2.24, 2.45) is 5.10 Å². The molecule has 7 nitrogen and oxygen atoms in total. The molecule has 1 aliphatic rings. The molecule has 0 N–H and O–H groups in total. The minimum Gasteiger partial charge on any atom is -0.462 e. The second kappa shape index (κ2) is 10.6. The van der Waals surface area contributed by atoms with Crippen LogP contribution in [0.3, 0.4) is 0 Å². The monoisotopic (exact) mass is 567 g/mol. The molecule has 0 saturated carbocycles. The van der Waals surface area contributed by atoms with Crippen molar-refractivity contribution < 1.29 is 19.1 Å². The molecule has 0 saturated heterocycles. The van der Waals surface area contributed by atoms with Gasteiger partial charge in [0.05, 0.1) is 30.5 Å². The molecular weight excluding hydrogens is 546 g/mol. The lowest BCUT2D eigenvalue weighted by Gasteiger charge is -2.28. The highest BCUT2D eigenvalue weighted by molar-refractivity contribution is 9.10. The fraction of sp³-hybridized carbons (Fsp3) is 0.185. The predicted octanol–water partition coefficient (Wildman–Crippen LogP) is 4.81. The molecule has 1 aliphatic heterocycles. The molecule has 0 fully saturated rings. The smallest absolute Gasteiger partial charge is 0.397 e. The van der Waals surface area contributed by atoms with Gasteiger partial charge in [0.1, 0.15) is 6.54 Å². The van der Waals surface area contributed by atoms with Crippen LogP contribution in [0.1, 0.15) is 18.1 Å². The van der Waals surface area contributed by atoms with Crippen LogP contribution < -0.4 is 4.90 Å². The van der Waals surface area contributed by atoms with Crippen molar-refractivity contribution in [2.75, 3.05) is 25.1 Å². The number of nitrogens with zero attached hydrogens (tertiary/aromatic N) is 3. The van der Waals surface area contributed by atoms with E-state index in [0.29, 0.717) is 11.6 Å². The number of anilines is 1. The predicted molar refractivity (Wildman–Crippen MR) is 142 cm³/mol. The molecule has 2 amide bonds. The van der Waals surface area contributed by atoms with Gasteiger partial charge >= 0.3 is 11.9 Å². The van der Waals surface area contributed by atoms with Gasteiger partial charge in [-0.3, -0.25) is 14.6 Å². The zero-order valence-corrected chi connectivity index (χ0v) is 22.0. The average Bonchev–Trinajstić information content (AvgIpc) is 3.22. The highest BCUT2D eigenvalue weighted by Crippen LogP contribution is 2.35. The second-order valence-corrected chi connectivity index (χ2v) is 9.83. The summed E-state index contributed by atoms with van der Waals surface area (Å²) in [6, 6.07) is 23.8. The Morgan fingerprint density at radius 2 is 1.67 bits per heavy atom. The van der Waals surface area contributed by atoms with Crippen LogP contribution in [-0.2, 0) is 24.5 Å². The van der Waals surface area contributed by atoms with E-state index in [0.717, 1.165) is 33.3 Å². The van der Waals surface area contributed by atoms with Crippen molar-refractivity contribution in [3.8, 4) is 0 Å². The van der Waals surface area contributed by atoms with E-state index in [1.54, 1.807) is 41.4 Å². The van der Waals surface area contributed by atoms with Crippen molar-refractivity contribution in [1.82, 2.24) is 5.01 Å². The minimum absolute atomic E-state index is 0.224. The SMILES string of the molecule is COC(=O)C(=O)N(C(=O)CN1CC(C)(c2ccccc2)C(c2ccc(Cl)cc2)=N1)c1ccc(Br)cc1. The number of ether oxygens (including phenoxy) is 1. The standard InChI is InChI=1S/C27H23BrClN3O4/c1-27(19-6-4-3-5-7-19)17-31(30-24(27)18-8-12-21(29)13-9-18)16-23(33)32(25(34)26(35)36-2)22-14-10-20(28)11-15-22/h3-15H,16-17H2,1-2H3. The number of methoxy groups -OCH3 is 1. The largest absolute Gasteiger partial charge is 0.462 e. The zero-order chi connectivity index (χ0) is 25.9. The molecule has 4 rings (SSSR count). The van der Waals surface area contributed by atoms with E-state index in [2.05, 4.69) is 27.6 Å². The Labute approximate surface area is 222 Å². The quantitative estimate of drug-likeness (QED) is 0.326. The fourth-order valence-corrected chi connectivity index (χ4v) is 4.60. The normalized spacial score (nSPS) is 16.9. The highest BCUT2D eigenvalue weighted by atomic mass is 79.9. The number of halogens is 2. The van der Waals surface area contributed by atoms with Crippen LogP contribution in [0.5, 0.6) is 0 Å². The van der Waals surface area contributed by atoms with Gasteiger partial charge in [0.2, 0.25) is 0 Å². The van der Waals surface area contributed by atoms with Crippen LogP contribution in [0.4, 0.5) is 5.69 Å². The van der Waals surface area contributed by atoms with Crippen molar-refractivity contribution in [2.45, 2.75) is 12.3 Å². The highest BCUT2D eigenvalue weighted by Gasteiger charge is 2.42. The Balaban J connectivity index is 1.68. The van der Waals surface area contributed by atoms with E-state index in [9.17, 15) is 14.4 Å². The molecule has 0 radical (unpaired) electrons. The van der Waals surface area contributed by atoms with Crippen LogP contribution >= 0.6 is 27.5 Å². The summed E-state index contributed by atoms with van der Waals surface area (Å²) < 4.78 is 5.35. The number of hydrogen-bond acceptors (Lipinski definition) is 6. The molecule has 1 heterocycles. The Bertz CT molecular complexity index is 1310. The molecule has 3 aromatic carbocycles. The summed E-state index contributed by atoms with van der Waals surface area (Å²) in [5, 5.41) is 7.03. The summed E-state index contributed by atoms with van der Waals surface area (Å²) in [6.07, 6.45) is 0. The third-order valence-electron chi connectivity index (χ3n) is 6.01. The summed E-state index contributed by atoms with van der Waals surface area (Å²) in [7, 11) is 1.10. The maximum Gasteiger partial charge on any atom is 0.397 e. The third-order valence-corrected chi connectivity index (χ3v) is 6.79. The number of amides is 2. The molecule has 184 valence electrons. The summed E-state index contributed by atoms with van der Waals surface area (Å²) in [5.74, 6) is -2.81. The first-order chi connectivity index (χ1) is 17.2. The first kappa shape index (κ1) is 25.6. The van der Waals surface area contributed by atoms with Gasteiger partial charge in [0.25, 0.3) is 5.91 Å². The number of carbonyl (C=O) groups is 3. The summed E-state index contributed by atoms with van der Waals surface area (Å²) >= 11 is 9.44. The summed E-state index contributed by atoms with van der Waals surface area (Å²) in [6.45, 7) is 2.23. The Kier molecular flexibility index (Phi) is 7.56. The van der Waals surface area contributed by atoms with Gasteiger partial charge in [-0.25, -0.2) is 9.69 Å². The zero-order valence-electron chi connectivity index (χ0n) is 19.7.